The van der Waals surface area contributed by atoms with E-state index in [4.69, 9.17) is 0 Å². The Kier molecular flexibility index (Phi) is 5.66. The van der Waals surface area contributed by atoms with Crippen LogP contribution in [0.5, 0.6) is 0 Å². The minimum atomic E-state index is 0.0362. The van der Waals surface area contributed by atoms with Crippen molar-refractivity contribution in [3.63, 3.8) is 0 Å². The Hall–Kier alpha value is -2.43. The highest BCUT2D eigenvalue weighted by atomic mass is 16.1. The number of aromatic nitrogens is 2. The van der Waals surface area contributed by atoms with E-state index >= 15 is 0 Å². The van der Waals surface area contributed by atoms with E-state index in [1.165, 1.54) is 38.5 Å². The molecule has 1 aromatic carbocycles. The van der Waals surface area contributed by atoms with Gasteiger partial charge in [-0.15, -0.1) is 0 Å². The van der Waals surface area contributed by atoms with Crippen molar-refractivity contribution in [1.29, 1.82) is 0 Å². The fourth-order valence-electron chi connectivity index (χ4n) is 4.06. The molecule has 1 saturated heterocycles. The summed E-state index contributed by atoms with van der Waals surface area (Å²) in [6, 6.07) is 8.09. The fourth-order valence-corrected chi connectivity index (χ4v) is 4.06. The number of hydrogen-bond acceptors (Lipinski definition) is 4. The van der Waals surface area contributed by atoms with Crippen LogP contribution in [0.2, 0.25) is 0 Å². The van der Waals surface area contributed by atoms with Crippen LogP contribution in [0.1, 0.15) is 61.7 Å². The second kappa shape index (κ2) is 8.51. The minimum absolute atomic E-state index is 0.0362. The lowest BCUT2D eigenvalue weighted by molar-refractivity contribution is 0.0933. The van der Waals surface area contributed by atoms with Crippen LogP contribution in [-0.4, -0.2) is 35.0 Å². The molecule has 5 nitrogen and oxygen atoms in total. The molecule has 2 fully saturated rings. The number of nitrogens with one attached hydrogen (secondary N) is 1. The van der Waals surface area contributed by atoms with Crippen LogP contribution in [0.3, 0.4) is 0 Å². The third-order valence-electron chi connectivity index (χ3n) is 5.70. The summed E-state index contributed by atoms with van der Waals surface area (Å²) in [4.78, 5) is 23.8. The molecule has 1 N–H and O–H groups in total. The van der Waals surface area contributed by atoms with Crippen LogP contribution < -0.4 is 10.2 Å². The van der Waals surface area contributed by atoms with Crippen molar-refractivity contribution in [3.8, 4) is 11.1 Å². The van der Waals surface area contributed by atoms with Crippen LogP contribution in [-0.2, 0) is 0 Å². The molecule has 0 spiro atoms. The molecule has 1 aliphatic carbocycles. The molecule has 142 valence electrons. The van der Waals surface area contributed by atoms with Crippen LogP contribution in [0, 0.1) is 0 Å². The molecule has 5 heteroatoms. The van der Waals surface area contributed by atoms with Gasteiger partial charge in [0.05, 0.1) is 0 Å². The summed E-state index contributed by atoms with van der Waals surface area (Å²) < 4.78 is 0. The number of amides is 1. The van der Waals surface area contributed by atoms with Gasteiger partial charge in [-0.05, 0) is 43.4 Å². The van der Waals surface area contributed by atoms with Crippen LogP contribution in [0.25, 0.3) is 11.1 Å². The number of benzene rings is 1. The van der Waals surface area contributed by atoms with Gasteiger partial charge in [0.2, 0.25) is 5.95 Å². The Labute approximate surface area is 161 Å². The Morgan fingerprint density at radius 1 is 0.852 bits per heavy atom. The minimum Gasteiger partial charge on any atom is -0.349 e. The second-order valence-corrected chi connectivity index (χ2v) is 7.71. The van der Waals surface area contributed by atoms with Crippen LogP contribution in [0.4, 0.5) is 5.95 Å². The Morgan fingerprint density at radius 2 is 1.48 bits per heavy atom. The van der Waals surface area contributed by atoms with E-state index in [0.29, 0.717) is 6.04 Å². The average molecular weight is 364 g/mol. The molecule has 0 unspecified atom stereocenters. The SMILES string of the molecule is O=C(NC1CCCCCC1)c1ccc(-c2cnc(N3CCCC3)nc2)cc1. The van der Waals surface area contributed by atoms with E-state index in [9.17, 15) is 4.79 Å². The van der Waals surface area contributed by atoms with Gasteiger partial charge in [0.25, 0.3) is 5.91 Å². The molecule has 1 amide bonds. The zero-order valence-corrected chi connectivity index (χ0v) is 15.9. The molecule has 2 aromatic rings. The molecule has 0 atom stereocenters. The molecule has 27 heavy (non-hydrogen) atoms. The first kappa shape index (κ1) is 18.0. The fraction of sp³-hybridized carbons (Fsp3) is 0.500. The quantitative estimate of drug-likeness (QED) is 0.826. The van der Waals surface area contributed by atoms with Gasteiger partial charge in [-0.3, -0.25) is 4.79 Å². The number of hydrogen-bond donors (Lipinski definition) is 1. The highest BCUT2D eigenvalue weighted by molar-refractivity contribution is 5.94. The highest BCUT2D eigenvalue weighted by Gasteiger charge is 2.16. The Morgan fingerprint density at radius 3 is 2.11 bits per heavy atom. The standard InChI is InChI=1S/C22H28N4O/c27-21(25-20-7-3-1-2-4-8-20)18-11-9-17(10-12-18)19-15-23-22(24-16-19)26-13-5-6-14-26/h9-12,15-16,20H,1-8,13-14H2,(H,25,27). The van der Waals surface area contributed by atoms with E-state index < -0.39 is 0 Å². The summed E-state index contributed by atoms with van der Waals surface area (Å²) in [7, 11) is 0. The lowest BCUT2D eigenvalue weighted by atomic mass is 10.1. The van der Waals surface area contributed by atoms with Gasteiger partial charge in [-0.2, -0.15) is 0 Å². The van der Waals surface area contributed by atoms with Crippen LogP contribution in [0.15, 0.2) is 36.7 Å². The van der Waals surface area contributed by atoms with E-state index in [1.807, 2.05) is 36.7 Å². The first-order valence-electron chi connectivity index (χ1n) is 10.3. The summed E-state index contributed by atoms with van der Waals surface area (Å²) in [5, 5.41) is 3.20. The smallest absolute Gasteiger partial charge is 0.251 e. The van der Waals surface area contributed by atoms with Gasteiger partial charge in [0.1, 0.15) is 0 Å². The number of anilines is 1. The third kappa shape index (κ3) is 4.46. The summed E-state index contributed by atoms with van der Waals surface area (Å²) in [5.41, 5.74) is 2.74. The summed E-state index contributed by atoms with van der Waals surface area (Å²) in [6.45, 7) is 2.09. The molecule has 0 radical (unpaired) electrons. The summed E-state index contributed by atoms with van der Waals surface area (Å²) >= 11 is 0. The lowest BCUT2D eigenvalue weighted by Crippen LogP contribution is -2.34. The zero-order valence-electron chi connectivity index (χ0n) is 15.9. The van der Waals surface area contributed by atoms with Crippen molar-refractivity contribution in [1.82, 2.24) is 15.3 Å². The molecule has 1 saturated carbocycles. The number of carbonyl (C=O) groups excluding carboxylic acids is 1. The van der Waals surface area contributed by atoms with Crippen LogP contribution >= 0.6 is 0 Å². The van der Waals surface area contributed by atoms with E-state index in [1.54, 1.807) is 0 Å². The number of carbonyl (C=O) groups is 1. The predicted molar refractivity (Wildman–Crippen MR) is 108 cm³/mol. The van der Waals surface area contributed by atoms with Gasteiger partial charge < -0.3 is 10.2 Å². The van der Waals surface area contributed by atoms with Crippen molar-refractivity contribution in [3.05, 3.63) is 42.2 Å². The Balaban J connectivity index is 1.39. The van der Waals surface area contributed by atoms with Gasteiger partial charge in [-0.25, -0.2) is 9.97 Å². The maximum atomic E-state index is 12.5. The lowest BCUT2D eigenvalue weighted by Gasteiger charge is -2.16. The van der Waals surface area contributed by atoms with E-state index in [-0.39, 0.29) is 5.91 Å². The topological polar surface area (TPSA) is 58.1 Å². The third-order valence-corrected chi connectivity index (χ3v) is 5.70. The number of rotatable bonds is 4. The first-order valence-corrected chi connectivity index (χ1v) is 10.3. The van der Waals surface area contributed by atoms with Crippen molar-refractivity contribution < 1.29 is 4.79 Å². The van der Waals surface area contributed by atoms with E-state index in [0.717, 1.165) is 48.6 Å². The molecule has 1 aliphatic heterocycles. The summed E-state index contributed by atoms with van der Waals surface area (Å²) in [5.74, 6) is 0.852. The van der Waals surface area contributed by atoms with Gasteiger partial charge in [-0.1, -0.05) is 37.8 Å². The Bertz CT molecular complexity index is 743. The van der Waals surface area contributed by atoms with Crippen molar-refractivity contribution in [2.45, 2.75) is 57.4 Å². The molecule has 4 rings (SSSR count). The monoisotopic (exact) mass is 364 g/mol. The largest absolute Gasteiger partial charge is 0.349 e. The van der Waals surface area contributed by atoms with Crippen molar-refractivity contribution >= 4 is 11.9 Å². The molecule has 2 heterocycles. The average Bonchev–Trinajstić information content (AvgIpc) is 3.14. The van der Waals surface area contributed by atoms with Gasteiger partial charge in [0.15, 0.2) is 0 Å². The van der Waals surface area contributed by atoms with E-state index in [2.05, 4.69) is 20.2 Å². The first-order chi connectivity index (χ1) is 13.3. The van der Waals surface area contributed by atoms with Gasteiger partial charge in [0, 0.05) is 42.7 Å². The highest BCUT2D eigenvalue weighted by Crippen LogP contribution is 2.22. The van der Waals surface area contributed by atoms with Crippen molar-refractivity contribution in [2.75, 3.05) is 18.0 Å². The molecule has 0 bridgehead atoms. The molecular formula is C22H28N4O. The second-order valence-electron chi connectivity index (χ2n) is 7.71. The van der Waals surface area contributed by atoms with Gasteiger partial charge >= 0.3 is 0 Å². The zero-order chi connectivity index (χ0) is 18.5. The molecular weight excluding hydrogens is 336 g/mol. The van der Waals surface area contributed by atoms with Crippen molar-refractivity contribution in [2.24, 2.45) is 0 Å². The normalized spacial score (nSPS) is 18.3. The molecule has 2 aliphatic rings. The molecule has 1 aromatic heterocycles. The maximum Gasteiger partial charge on any atom is 0.251 e. The predicted octanol–water partition coefficient (Wildman–Crippen LogP) is 4.20. The number of nitrogens with zero attached hydrogens (tertiary/aromatic N) is 3. The summed E-state index contributed by atoms with van der Waals surface area (Å²) in [6.07, 6.45) is 13.4. The maximum absolute atomic E-state index is 12.5.